The van der Waals surface area contributed by atoms with Crippen molar-refractivity contribution in [3.05, 3.63) is 64.4 Å². The first-order chi connectivity index (χ1) is 11.6. The molecule has 1 aliphatic rings. The molecular weight excluding hydrogens is 371 g/mol. The standard InChI is InChI=1S/C19H20BrFN2O/c20-16-5-3-14(4-6-16)12-23-11-1-2-15(13-23)19(24)22-18-9-7-17(21)8-10-18/h3-10,15H,1-2,11-13H2,(H,22,24). The van der Waals surface area contributed by atoms with E-state index in [9.17, 15) is 9.18 Å². The first-order valence-corrected chi connectivity index (χ1v) is 8.93. The van der Waals surface area contributed by atoms with Crippen LogP contribution in [0, 0.1) is 11.7 Å². The zero-order chi connectivity index (χ0) is 16.9. The van der Waals surface area contributed by atoms with Crippen molar-refractivity contribution < 1.29 is 9.18 Å². The number of benzene rings is 2. The Labute approximate surface area is 150 Å². The smallest absolute Gasteiger partial charge is 0.228 e. The van der Waals surface area contributed by atoms with Crippen LogP contribution in [0.4, 0.5) is 10.1 Å². The maximum Gasteiger partial charge on any atom is 0.228 e. The zero-order valence-electron chi connectivity index (χ0n) is 13.3. The Hall–Kier alpha value is -1.72. The first-order valence-electron chi connectivity index (χ1n) is 8.13. The lowest BCUT2D eigenvalue weighted by atomic mass is 9.96. The number of carbonyl (C=O) groups excluding carboxylic acids is 1. The van der Waals surface area contributed by atoms with Crippen molar-refractivity contribution >= 4 is 27.5 Å². The number of carbonyl (C=O) groups is 1. The average Bonchev–Trinajstić information content (AvgIpc) is 2.59. The fourth-order valence-electron chi connectivity index (χ4n) is 3.04. The SMILES string of the molecule is O=C(Nc1ccc(F)cc1)C1CCCN(Cc2ccc(Br)cc2)C1. The summed E-state index contributed by atoms with van der Waals surface area (Å²) in [4.78, 5) is 14.8. The second kappa shape index (κ2) is 7.90. The number of halogens is 2. The summed E-state index contributed by atoms with van der Waals surface area (Å²) in [5, 5.41) is 2.89. The normalized spacial score (nSPS) is 18.3. The van der Waals surface area contributed by atoms with Gasteiger partial charge < -0.3 is 5.32 Å². The summed E-state index contributed by atoms with van der Waals surface area (Å²) in [6, 6.07) is 14.2. The van der Waals surface area contributed by atoms with Crippen LogP contribution < -0.4 is 5.32 Å². The summed E-state index contributed by atoms with van der Waals surface area (Å²) < 4.78 is 14.0. The van der Waals surface area contributed by atoms with Crippen LogP contribution in [0.3, 0.4) is 0 Å². The van der Waals surface area contributed by atoms with E-state index in [2.05, 4.69) is 38.3 Å². The van der Waals surface area contributed by atoms with E-state index in [0.29, 0.717) is 5.69 Å². The topological polar surface area (TPSA) is 32.3 Å². The molecule has 1 saturated heterocycles. The lowest BCUT2D eigenvalue weighted by Crippen LogP contribution is -2.40. The molecule has 0 bridgehead atoms. The molecule has 1 fully saturated rings. The molecule has 0 spiro atoms. The predicted octanol–water partition coefficient (Wildman–Crippen LogP) is 4.44. The molecule has 0 aromatic heterocycles. The third-order valence-corrected chi connectivity index (χ3v) is 4.84. The molecule has 3 nitrogen and oxygen atoms in total. The Bertz CT molecular complexity index is 688. The Morgan fingerprint density at radius 1 is 1.17 bits per heavy atom. The van der Waals surface area contributed by atoms with Gasteiger partial charge in [0.1, 0.15) is 5.82 Å². The zero-order valence-corrected chi connectivity index (χ0v) is 14.9. The highest BCUT2D eigenvalue weighted by Crippen LogP contribution is 2.21. The number of amides is 1. The van der Waals surface area contributed by atoms with Gasteiger partial charge in [-0.25, -0.2) is 4.39 Å². The van der Waals surface area contributed by atoms with Crippen LogP contribution in [0.2, 0.25) is 0 Å². The minimum Gasteiger partial charge on any atom is -0.326 e. The van der Waals surface area contributed by atoms with E-state index in [1.54, 1.807) is 12.1 Å². The molecule has 24 heavy (non-hydrogen) atoms. The summed E-state index contributed by atoms with van der Waals surface area (Å²) in [5.74, 6) is -0.312. The van der Waals surface area contributed by atoms with Gasteiger partial charge in [0.15, 0.2) is 0 Å². The summed E-state index contributed by atoms with van der Waals surface area (Å²) in [6.07, 6.45) is 1.90. The molecular formula is C19H20BrFN2O. The molecule has 5 heteroatoms. The van der Waals surface area contributed by atoms with Crippen LogP contribution >= 0.6 is 15.9 Å². The summed E-state index contributed by atoms with van der Waals surface area (Å²) >= 11 is 3.45. The van der Waals surface area contributed by atoms with Crippen LogP contribution in [0.25, 0.3) is 0 Å². The minimum absolute atomic E-state index is 0.0158. The second-order valence-electron chi connectivity index (χ2n) is 6.20. The van der Waals surface area contributed by atoms with Gasteiger partial charge in [0.05, 0.1) is 5.92 Å². The number of hydrogen-bond donors (Lipinski definition) is 1. The van der Waals surface area contributed by atoms with Crippen molar-refractivity contribution in [2.45, 2.75) is 19.4 Å². The highest BCUT2D eigenvalue weighted by molar-refractivity contribution is 9.10. The minimum atomic E-state index is -0.300. The molecule has 1 amide bonds. The number of nitrogens with one attached hydrogen (secondary N) is 1. The molecule has 1 N–H and O–H groups in total. The molecule has 0 saturated carbocycles. The fraction of sp³-hybridized carbons (Fsp3) is 0.316. The second-order valence-corrected chi connectivity index (χ2v) is 7.11. The lowest BCUT2D eigenvalue weighted by Gasteiger charge is -2.32. The maximum absolute atomic E-state index is 12.9. The third kappa shape index (κ3) is 4.65. The highest BCUT2D eigenvalue weighted by Gasteiger charge is 2.25. The van der Waals surface area contributed by atoms with Crippen molar-refractivity contribution in [1.82, 2.24) is 4.90 Å². The molecule has 0 aliphatic carbocycles. The number of nitrogens with zero attached hydrogens (tertiary/aromatic N) is 1. The van der Waals surface area contributed by atoms with Gasteiger partial charge in [-0.1, -0.05) is 28.1 Å². The average molecular weight is 391 g/mol. The first kappa shape index (κ1) is 17.1. The van der Waals surface area contributed by atoms with Gasteiger partial charge in [-0.05, 0) is 61.3 Å². The number of likely N-dealkylation sites (tertiary alicyclic amines) is 1. The lowest BCUT2D eigenvalue weighted by molar-refractivity contribution is -0.121. The van der Waals surface area contributed by atoms with E-state index in [0.717, 1.165) is 36.9 Å². The summed E-state index contributed by atoms with van der Waals surface area (Å²) in [6.45, 7) is 2.62. The van der Waals surface area contributed by atoms with Gasteiger partial charge in [0.25, 0.3) is 0 Å². The fourth-order valence-corrected chi connectivity index (χ4v) is 3.30. The van der Waals surface area contributed by atoms with E-state index in [1.807, 2.05) is 12.1 Å². The van der Waals surface area contributed by atoms with Crippen molar-refractivity contribution in [2.75, 3.05) is 18.4 Å². The van der Waals surface area contributed by atoms with Crippen molar-refractivity contribution in [1.29, 1.82) is 0 Å². The number of rotatable bonds is 4. The molecule has 0 radical (unpaired) electrons. The number of hydrogen-bond acceptors (Lipinski definition) is 2. The molecule has 1 aliphatic heterocycles. The molecule has 126 valence electrons. The molecule has 2 aromatic rings. The number of anilines is 1. The van der Waals surface area contributed by atoms with E-state index in [-0.39, 0.29) is 17.6 Å². The van der Waals surface area contributed by atoms with Crippen LogP contribution in [-0.4, -0.2) is 23.9 Å². The molecule has 1 atom stereocenters. The molecule has 1 heterocycles. The van der Waals surface area contributed by atoms with Crippen LogP contribution in [0.1, 0.15) is 18.4 Å². The third-order valence-electron chi connectivity index (χ3n) is 4.31. The van der Waals surface area contributed by atoms with Gasteiger partial charge in [0, 0.05) is 23.2 Å². The van der Waals surface area contributed by atoms with E-state index in [4.69, 9.17) is 0 Å². The van der Waals surface area contributed by atoms with Crippen LogP contribution in [0.5, 0.6) is 0 Å². The van der Waals surface area contributed by atoms with E-state index in [1.165, 1.54) is 17.7 Å². The largest absolute Gasteiger partial charge is 0.326 e. The molecule has 1 unspecified atom stereocenters. The van der Waals surface area contributed by atoms with Crippen molar-refractivity contribution in [3.8, 4) is 0 Å². The Balaban J connectivity index is 1.57. The Morgan fingerprint density at radius 3 is 2.58 bits per heavy atom. The number of piperidine rings is 1. The van der Waals surface area contributed by atoms with Gasteiger partial charge in [0.2, 0.25) is 5.91 Å². The van der Waals surface area contributed by atoms with E-state index < -0.39 is 0 Å². The Kier molecular flexibility index (Phi) is 5.63. The van der Waals surface area contributed by atoms with Crippen molar-refractivity contribution in [3.63, 3.8) is 0 Å². The predicted molar refractivity (Wildman–Crippen MR) is 97.2 cm³/mol. The van der Waals surface area contributed by atoms with Gasteiger partial charge in [-0.2, -0.15) is 0 Å². The quantitative estimate of drug-likeness (QED) is 0.836. The van der Waals surface area contributed by atoms with Gasteiger partial charge in [-0.15, -0.1) is 0 Å². The van der Waals surface area contributed by atoms with Gasteiger partial charge >= 0.3 is 0 Å². The summed E-state index contributed by atoms with van der Waals surface area (Å²) in [5.41, 5.74) is 1.89. The summed E-state index contributed by atoms with van der Waals surface area (Å²) in [7, 11) is 0. The van der Waals surface area contributed by atoms with E-state index >= 15 is 0 Å². The Morgan fingerprint density at radius 2 is 1.88 bits per heavy atom. The van der Waals surface area contributed by atoms with Crippen LogP contribution in [-0.2, 0) is 11.3 Å². The van der Waals surface area contributed by atoms with Crippen molar-refractivity contribution in [2.24, 2.45) is 5.92 Å². The molecule has 3 rings (SSSR count). The maximum atomic E-state index is 12.9. The monoisotopic (exact) mass is 390 g/mol. The molecule has 2 aromatic carbocycles. The van der Waals surface area contributed by atoms with Crippen LogP contribution in [0.15, 0.2) is 53.0 Å². The highest BCUT2D eigenvalue weighted by atomic mass is 79.9. The van der Waals surface area contributed by atoms with Gasteiger partial charge in [-0.3, -0.25) is 9.69 Å².